The molecule has 1 aromatic carbocycles. The van der Waals surface area contributed by atoms with Crippen molar-refractivity contribution < 1.29 is 49.4 Å². The van der Waals surface area contributed by atoms with Crippen LogP contribution in [0.15, 0.2) is 23.8 Å². The van der Waals surface area contributed by atoms with E-state index in [1.165, 1.54) is 63.9 Å². The number of phenolic OH excluding ortho intramolecular Hbond substituents is 1. The Morgan fingerprint density at radius 3 is 2.07 bits per heavy atom. The van der Waals surface area contributed by atoms with Gasteiger partial charge in [0, 0.05) is 35.0 Å². The zero-order chi connectivity index (χ0) is 51.1. The number of allylic oxidation sites excluding steroid dienone is 4. The number of Topliss-reactive ketones (excluding diaryl/α,β-unsaturated/α-hetero) is 1. The first kappa shape index (κ1) is 57.4. The van der Waals surface area contributed by atoms with Gasteiger partial charge < -0.3 is 35.6 Å². The number of nitrogens with one attached hydrogen (secondary N) is 1. The molecule has 4 aliphatic carbocycles. The van der Waals surface area contributed by atoms with E-state index in [4.69, 9.17) is 9.84 Å². The minimum absolute atomic E-state index is 0.00620. The molecule has 0 saturated heterocycles. The summed E-state index contributed by atoms with van der Waals surface area (Å²) in [6.45, 7) is 24.7. The second kappa shape index (κ2) is 23.8. The molecular weight excluding hydrogens is 879 g/mol. The first-order valence-electron chi connectivity index (χ1n) is 25.8. The number of aliphatic carboxylic acids is 1. The van der Waals surface area contributed by atoms with Gasteiger partial charge in [-0.25, -0.2) is 4.79 Å². The molecule has 384 valence electrons. The van der Waals surface area contributed by atoms with Crippen molar-refractivity contribution in [1.29, 1.82) is 0 Å². The van der Waals surface area contributed by atoms with Gasteiger partial charge >= 0.3 is 5.97 Å². The number of aliphatic hydroxyl groups is 3. The van der Waals surface area contributed by atoms with Crippen LogP contribution in [0.3, 0.4) is 0 Å². The SMILES string of the molecule is CC(=O)N[C@@H](CS)C(=O)O.C[C@H]1C[C@@H]2[C@H]([C@@H](O)C[C@@]3(C)[C@H]2CC[C@]3(O)C(=O)CO)[C@@]2(C)C=CC(=O)C=C12.Cc1c(C)c2c(c(C)c1O)CC[C@@](C)(CCC[C@H](C)CCC[C@H](C)CCCC(C)C)O2. The Kier molecular flexibility index (Phi) is 20.1. The first-order chi connectivity index (χ1) is 31.7. The van der Waals surface area contributed by atoms with E-state index in [9.17, 15) is 39.6 Å². The first-order valence-corrected chi connectivity index (χ1v) is 26.4. The number of rotatable bonds is 17. The topological polar surface area (TPSA) is 191 Å². The van der Waals surface area contributed by atoms with Crippen LogP contribution in [-0.4, -0.2) is 84.7 Å². The average Bonchev–Trinajstić information content (AvgIpc) is 3.54. The van der Waals surface area contributed by atoms with E-state index in [0.29, 0.717) is 18.6 Å². The smallest absolute Gasteiger partial charge is 0.327 e. The minimum atomic E-state index is -1.57. The Morgan fingerprint density at radius 1 is 0.926 bits per heavy atom. The monoisotopic (exact) mass is 968 g/mol. The van der Waals surface area contributed by atoms with Crippen LogP contribution >= 0.6 is 12.6 Å². The fourth-order valence-electron chi connectivity index (χ4n) is 13.0. The molecule has 1 aromatic rings. The van der Waals surface area contributed by atoms with E-state index >= 15 is 0 Å². The lowest BCUT2D eigenvalue weighted by Gasteiger charge is -2.60. The molecule has 68 heavy (non-hydrogen) atoms. The van der Waals surface area contributed by atoms with E-state index in [-0.39, 0.29) is 52.1 Å². The summed E-state index contributed by atoms with van der Waals surface area (Å²) >= 11 is 3.73. The summed E-state index contributed by atoms with van der Waals surface area (Å²) in [6.07, 6.45) is 20.9. The molecule has 0 bridgehead atoms. The molecule has 1 amide bonds. The number of ketones is 2. The maximum absolute atomic E-state index is 12.4. The molecule has 6 rings (SSSR count). The zero-order valence-electron chi connectivity index (χ0n) is 43.7. The van der Waals surface area contributed by atoms with Crippen LogP contribution in [0.2, 0.25) is 0 Å². The van der Waals surface area contributed by atoms with Crippen LogP contribution in [0.4, 0.5) is 0 Å². The van der Waals surface area contributed by atoms with Gasteiger partial charge in [-0.1, -0.05) is 105 Å². The van der Waals surface area contributed by atoms with E-state index in [1.807, 2.05) is 26.8 Å². The molecule has 11 nitrogen and oxygen atoms in total. The molecule has 0 spiro atoms. The number of hydrogen-bond donors (Lipinski definition) is 7. The van der Waals surface area contributed by atoms with Crippen LogP contribution in [0, 0.1) is 73.0 Å². The zero-order valence-corrected chi connectivity index (χ0v) is 44.6. The summed E-state index contributed by atoms with van der Waals surface area (Å²) in [4.78, 5) is 44.9. The molecule has 0 unspecified atom stereocenters. The number of aromatic hydroxyl groups is 1. The molecule has 6 N–H and O–H groups in total. The highest BCUT2D eigenvalue weighted by molar-refractivity contribution is 7.80. The molecule has 1 heterocycles. The fourth-order valence-corrected chi connectivity index (χ4v) is 13.3. The second-order valence-corrected chi connectivity index (χ2v) is 23.3. The summed E-state index contributed by atoms with van der Waals surface area (Å²) in [6, 6.07) is -0.874. The predicted molar refractivity (Wildman–Crippen MR) is 273 cm³/mol. The molecule has 1 aliphatic heterocycles. The van der Waals surface area contributed by atoms with Gasteiger partial charge in [0.15, 0.2) is 11.6 Å². The van der Waals surface area contributed by atoms with Crippen molar-refractivity contribution in [3.05, 3.63) is 46.1 Å². The minimum Gasteiger partial charge on any atom is -0.507 e. The van der Waals surface area contributed by atoms with Gasteiger partial charge in [-0.15, -0.1) is 0 Å². The number of carbonyl (C=O) groups is 4. The van der Waals surface area contributed by atoms with Crippen molar-refractivity contribution in [2.75, 3.05) is 12.4 Å². The van der Waals surface area contributed by atoms with Crippen LogP contribution in [-0.2, 0) is 25.6 Å². The van der Waals surface area contributed by atoms with E-state index < -0.39 is 41.5 Å². The number of amides is 1. The summed E-state index contributed by atoms with van der Waals surface area (Å²) in [5.74, 6) is 2.64. The molecule has 12 atom stereocenters. The van der Waals surface area contributed by atoms with Crippen molar-refractivity contribution in [3.8, 4) is 11.5 Å². The van der Waals surface area contributed by atoms with Crippen molar-refractivity contribution in [1.82, 2.24) is 5.32 Å². The third kappa shape index (κ3) is 12.8. The van der Waals surface area contributed by atoms with Crippen molar-refractivity contribution in [3.63, 3.8) is 0 Å². The van der Waals surface area contributed by atoms with Crippen molar-refractivity contribution in [2.45, 2.75) is 203 Å². The predicted octanol–water partition coefficient (Wildman–Crippen LogP) is 10.1. The lowest BCUT2D eigenvalue weighted by atomic mass is 9.45. The fraction of sp³-hybridized carbons (Fsp3) is 0.750. The summed E-state index contributed by atoms with van der Waals surface area (Å²) in [5, 5.41) is 52.8. The number of carboxylic acids is 1. The van der Waals surface area contributed by atoms with E-state index in [0.717, 1.165) is 77.9 Å². The number of hydrogen-bond acceptors (Lipinski definition) is 10. The van der Waals surface area contributed by atoms with Gasteiger partial charge in [-0.3, -0.25) is 14.4 Å². The average molecular weight is 968 g/mol. The van der Waals surface area contributed by atoms with Gasteiger partial charge in [0.1, 0.15) is 35.3 Å². The highest BCUT2D eigenvalue weighted by Crippen LogP contribution is 2.67. The highest BCUT2D eigenvalue weighted by Gasteiger charge is 2.68. The molecule has 5 aliphatic rings. The third-order valence-corrected chi connectivity index (χ3v) is 17.7. The second-order valence-electron chi connectivity index (χ2n) is 22.9. The quantitative estimate of drug-likeness (QED) is 0.0740. The van der Waals surface area contributed by atoms with Crippen molar-refractivity contribution in [2.24, 2.45) is 52.3 Å². The van der Waals surface area contributed by atoms with E-state index in [1.54, 1.807) is 12.2 Å². The van der Waals surface area contributed by atoms with E-state index in [2.05, 4.69) is 73.3 Å². The van der Waals surface area contributed by atoms with Gasteiger partial charge in [-0.2, -0.15) is 12.6 Å². The largest absolute Gasteiger partial charge is 0.507 e. The Balaban J connectivity index is 0.000000249. The number of phenols is 1. The standard InChI is InChI=1S/C29H50O2.C22H30O5.C5H9NO3S/c1-20(2)12-9-13-21(3)14-10-15-22(4)16-11-18-29(8)19-17-26-25(7)27(30)23(5)24(6)28(26)31-29;1-12-8-14-15-5-7-22(27,18(26)11-23)21(15,3)10-17(25)19(14)20(2)6-4-13(24)9-16(12)20;1-3(7)6-4(2-10)5(8)9/h20-22,30H,9-19H2,1-8H3;4,6,9,12,14-15,17,19,23,25,27H,5,7-8,10-11H2,1-3H3;4,10H,2H2,1H3,(H,6,7)(H,8,9)/t21-,22-,29-;12-,14-,15-,17-,19+,20-,21-,22-;4-/m100/s1. The Bertz CT molecular complexity index is 2010. The number of fused-ring (bicyclic) bond motifs is 6. The number of thiol groups is 1. The van der Waals surface area contributed by atoms with Crippen LogP contribution in [0.1, 0.15) is 174 Å². The Labute approximate surface area is 414 Å². The number of ether oxygens (including phenoxy) is 1. The van der Waals surface area contributed by atoms with Crippen LogP contribution in [0.25, 0.3) is 0 Å². The van der Waals surface area contributed by atoms with Crippen molar-refractivity contribution >= 4 is 36.1 Å². The molecule has 0 aromatic heterocycles. The molecular formula is C56H89NO10S. The lowest BCUT2D eigenvalue weighted by molar-refractivity contribution is -0.180. The maximum Gasteiger partial charge on any atom is 0.327 e. The Morgan fingerprint density at radius 2 is 1.53 bits per heavy atom. The normalized spacial score (nSPS) is 31.5. The number of carbonyl (C=O) groups excluding carboxylic acids is 3. The summed E-state index contributed by atoms with van der Waals surface area (Å²) in [7, 11) is 0. The van der Waals surface area contributed by atoms with Crippen LogP contribution in [0.5, 0.6) is 11.5 Å². The number of benzene rings is 1. The summed E-state index contributed by atoms with van der Waals surface area (Å²) < 4.78 is 6.60. The number of carboxylic acid groups (broad SMARTS) is 1. The van der Waals surface area contributed by atoms with Gasteiger partial charge in [0.25, 0.3) is 0 Å². The van der Waals surface area contributed by atoms with Gasteiger partial charge in [-0.05, 0) is 143 Å². The lowest BCUT2D eigenvalue weighted by Crippen LogP contribution is -2.62. The van der Waals surface area contributed by atoms with Gasteiger partial charge in [0.2, 0.25) is 5.91 Å². The van der Waals surface area contributed by atoms with Gasteiger partial charge in [0.05, 0.1) is 6.10 Å². The molecule has 3 fully saturated rings. The third-order valence-electron chi connectivity index (χ3n) is 17.3. The molecule has 12 heteroatoms. The Hall–Kier alpha value is -3.19. The summed E-state index contributed by atoms with van der Waals surface area (Å²) in [5.41, 5.74) is 2.64. The number of aliphatic hydroxyl groups excluding tert-OH is 2. The highest BCUT2D eigenvalue weighted by atomic mass is 32.1. The molecule has 3 saturated carbocycles. The maximum atomic E-state index is 12.4. The molecule has 0 radical (unpaired) electrons. The van der Waals surface area contributed by atoms with Crippen LogP contribution < -0.4 is 10.1 Å².